The largest absolute Gasteiger partial charge is 0.481 e. The molecule has 94 valence electrons. The van der Waals surface area contributed by atoms with Gasteiger partial charge in [0.05, 0.1) is 6.42 Å². The van der Waals surface area contributed by atoms with Gasteiger partial charge in [-0.1, -0.05) is 0 Å². The number of carboxylic acids is 1. The number of likely N-dealkylation sites (N-methyl/N-ethyl adjacent to an activating group) is 2. The first-order valence-electron chi connectivity index (χ1n) is 5.85. The van der Waals surface area contributed by atoms with Crippen LogP contribution in [-0.4, -0.2) is 66.7 Å². The van der Waals surface area contributed by atoms with E-state index in [1.54, 1.807) is 0 Å². The highest BCUT2D eigenvalue weighted by atomic mass is 16.4. The average Bonchev–Trinajstić information content (AvgIpc) is 2.16. The molecular formula is C11H23N3O2. The number of hydrogen-bond donors (Lipinski definition) is 2. The van der Waals surface area contributed by atoms with Gasteiger partial charge in [-0.05, 0) is 33.5 Å². The monoisotopic (exact) mass is 229 g/mol. The number of rotatable bonds is 5. The van der Waals surface area contributed by atoms with Gasteiger partial charge in [-0.2, -0.15) is 0 Å². The van der Waals surface area contributed by atoms with Crippen molar-refractivity contribution >= 4 is 5.97 Å². The third-order valence-corrected chi connectivity index (χ3v) is 3.18. The van der Waals surface area contributed by atoms with Crippen LogP contribution in [0.5, 0.6) is 0 Å². The molecule has 1 saturated heterocycles. The normalized spacial score (nSPS) is 24.6. The summed E-state index contributed by atoms with van der Waals surface area (Å²) < 4.78 is 0. The van der Waals surface area contributed by atoms with Crippen LogP contribution in [0.1, 0.15) is 19.3 Å². The molecule has 2 atom stereocenters. The van der Waals surface area contributed by atoms with Crippen LogP contribution in [0.2, 0.25) is 0 Å². The quantitative estimate of drug-likeness (QED) is 0.684. The zero-order chi connectivity index (χ0) is 12.1. The molecule has 3 N–H and O–H groups in total. The molecule has 5 nitrogen and oxygen atoms in total. The number of piperidine rings is 1. The summed E-state index contributed by atoms with van der Waals surface area (Å²) in [6.45, 7) is 2.87. The summed E-state index contributed by atoms with van der Waals surface area (Å²) >= 11 is 0. The van der Waals surface area contributed by atoms with Gasteiger partial charge < -0.3 is 20.6 Å². The van der Waals surface area contributed by atoms with Crippen LogP contribution >= 0.6 is 0 Å². The molecule has 1 heterocycles. The van der Waals surface area contributed by atoms with Crippen molar-refractivity contribution in [3.05, 3.63) is 0 Å². The van der Waals surface area contributed by atoms with Crippen LogP contribution in [-0.2, 0) is 4.79 Å². The van der Waals surface area contributed by atoms with E-state index in [0.717, 1.165) is 13.1 Å². The minimum absolute atomic E-state index is 0.0485. The lowest BCUT2D eigenvalue weighted by molar-refractivity contribution is -0.137. The highest BCUT2D eigenvalue weighted by molar-refractivity contribution is 5.67. The molecule has 0 spiro atoms. The number of likely N-dealkylation sites (tertiary alicyclic amines) is 1. The highest BCUT2D eigenvalue weighted by Gasteiger charge is 2.22. The molecule has 0 amide bonds. The van der Waals surface area contributed by atoms with Crippen LogP contribution in [0.3, 0.4) is 0 Å². The van der Waals surface area contributed by atoms with E-state index in [0.29, 0.717) is 12.6 Å². The second-order valence-electron chi connectivity index (χ2n) is 4.86. The number of hydrogen-bond acceptors (Lipinski definition) is 4. The third kappa shape index (κ3) is 4.47. The van der Waals surface area contributed by atoms with Gasteiger partial charge >= 0.3 is 5.97 Å². The van der Waals surface area contributed by atoms with Gasteiger partial charge in [0.1, 0.15) is 0 Å². The van der Waals surface area contributed by atoms with E-state index >= 15 is 0 Å². The van der Waals surface area contributed by atoms with Gasteiger partial charge in [-0.25, -0.2) is 0 Å². The molecule has 1 aliphatic rings. The number of nitrogens with zero attached hydrogens (tertiary/aromatic N) is 2. The highest BCUT2D eigenvalue weighted by Crippen LogP contribution is 2.13. The lowest BCUT2D eigenvalue weighted by Crippen LogP contribution is -2.48. The number of aliphatic carboxylic acids is 1. The molecule has 0 radical (unpaired) electrons. The third-order valence-electron chi connectivity index (χ3n) is 3.18. The summed E-state index contributed by atoms with van der Waals surface area (Å²) in [6.07, 6.45) is 2.44. The van der Waals surface area contributed by atoms with Gasteiger partial charge in [0.2, 0.25) is 0 Å². The van der Waals surface area contributed by atoms with Crippen LogP contribution in [0.4, 0.5) is 0 Å². The zero-order valence-electron chi connectivity index (χ0n) is 10.2. The van der Waals surface area contributed by atoms with Crippen molar-refractivity contribution in [2.24, 2.45) is 5.73 Å². The Morgan fingerprint density at radius 2 is 2.38 bits per heavy atom. The standard InChI is InChI=1S/C11H23N3O2/c1-13-5-3-4-10(8-13)14(2)7-9(12)6-11(15)16/h9-10H,3-8,12H2,1-2H3,(H,15,16). The summed E-state index contributed by atoms with van der Waals surface area (Å²) in [7, 11) is 4.16. The Labute approximate surface area is 97.2 Å². The maximum Gasteiger partial charge on any atom is 0.304 e. The molecule has 1 aliphatic heterocycles. The molecule has 1 rings (SSSR count). The lowest BCUT2D eigenvalue weighted by atomic mass is 10.0. The smallest absolute Gasteiger partial charge is 0.304 e. The van der Waals surface area contributed by atoms with Crippen molar-refractivity contribution in [3.63, 3.8) is 0 Å². The molecule has 0 bridgehead atoms. The van der Waals surface area contributed by atoms with Crippen molar-refractivity contribution in [2.45, 2.75) is 31.3 Å². The second kappa shape index (κ2) is 6.18. The molecule has 0 saturated carbocycles. The van der Waals surface area contributed by atoms with Gasteiger partial charge in [0.25, 0.3) is 0 Å². The Balaban J connectivity index is 2.32. The van der Waals surface area contributed by atoms with E-state index in [1.165, 1.54) is 12.8 Å². The Morgan fingerprint density at radius 1 is 1.69 bits per heavy atom. The zero-order valence-corrected chi connectivity index (χ0v) is 10.2. The molecule has 0 aromatic heterocycles. The first kappa shape index (κ1) is 13.4. The topological polar surface area (TPSA) is 69.8 Å². The Kier molecular flexibility index (Phi) is 5.18. The first-order chi connectivity index (χ1) is 7.49. The fourth-order valence-corrected chi connectivity index (χ4v) is 2.31. The number of carboxylic acid groups (broad SMARTS) is 1. The van der Waals surface area contributed by atoms with Crippen LogP contribution in [0, 0.1) is 0 Å². The van der Waals surface area contributed by atoms with Crippen molar-refractivity contribution in [1.29, 1.82) is 0 Å². The average molecular weight is 229 g/mol. The van der Waals surface area contributed by atoms with E-state index in [9.17, 15) is 4.79 Å². The van der Waals surface area contributed by atoms with Gasteiger partial charge in [0.15, 0.2) is 0 Å². The van der Waals surface area contributed by atoms with E-state index < -0.39 is 5.97 Å². The van der Waals surface area contributed by atoms with Crippen LogP contribution in [0.15, 0.2) is 0 Å². The summed E-state index contributed by atoms with van der Waals surface area (Å²) in [5.74, 6) is -0.818. The minimum Gasteiger partial charge on any atom is -0.481 e. The molecular weight excluding hydrogens is 206 g/mol. The predicted molar refractivity (Wildman–Crippen MR) is 63.4 cm³/mol. The van der Waals surface area contributed by atoms with E-state index in [1.807, 2.05) is 7.05 Å². The molecule has 0 aromatic carbocycles. The van der Waals surface area contributed by atoms with Crippen molar-refractivity contribution in [2.75, 3.05) is 33.7 Å². The lowest BCUT2D eigenvalue weighted by Gasteiger charge is -2.36. The van der Waals surface area contributed by atoms with Crippen LogP contribution < -0.4 is 5.73 Å². The fourth-order valence-electron chi connectivity index (χ4n) is 2.31. The molecule has 16 heavy (non-hydrogen) atoms. The van der Waals surface area contributed by atoms with Crippen LogP contribution in [0.25, 0.3) is 0 Å². The predicted octanol–water partition coefficient (Wildman–Crippen LogP) is -0.186. The van der Waals surface area contributed by atoms with Crippen molar-refractivity contribution < 1.29 is 9.90 Å². The van der Waals surface area contributed by atoms with E-state index in [2.05, 4.69) is 16.8 Å². The fraction of sp³-hybridized carbons (Fsp3) is 0.909. The first-order valence-corrected chi connectivity index (χ1v) is 5.85. The molecule has 0 aliphatic carbocycles. The van der Waals surface area contributed by atoms with E-state index in [4.69, 9.17) is 10.8 Å². The summed E-state index contributed by atoms with van der Waals surface area (Å²) in [6, 6.07) is 0.244. The van der Waals surface area contributed by atoms with Crippen molar-refractivity contribution in [3.8, 4) is 0 Å². The molecule has 5 heteroatoms. The Hall–Kier alpha value is -0.650. The van der Waals surface area contributed by atoms with Gasteiger partial charge in [-0.3, -0.25) is 4.79 Å². The summed E-state index contributed by atoms with van der Waals surface area (Å²) in [5, 5.41) is 8.64. The van der Waals surface area contributed by atoms with Gasteiger partial charge in [-0.15, -0.1) is 0 Å². The molecule has 2 unspecified atom stereocenters. The second-order valence-corrected chi connectivity index (χ2v) is 4.86. The summed E-state index contributed by atoms with van der Waals surface area (Å²) in [5.41, 5.74) is 5.78. The maximum atomic E-state index is 10.5. The molecule has 0 aromatic rings. The minimum atomic E-state index is -0.818. The number of carbonyl (C=O) groups is 1. The van der Waals surface area contributed by atoms with Gasteiger partial charge in [0, 0.05) is 25.2 Å². The molecule has 1 fully saturated rings. The van der Waals surface area contributed by atoms with E-state index in [-0.39, 0.29) is 12.5 Å². The van der Waals surface area contributed by atoms with Crippen molar-refractivity contribution in [1.82, 2.24) is 9.80 Å². The summed E-state index contributed by atoms with van der Waals surface area (Å²) in [4.78, 5) is 15.0. The Bertz CT molecular complexity index is 235. The Morgan fingerprint density at radius 3 is 2.94 bits per heavy atom. The number of nitrogens with two attached hydrogens (primary N) is 1. The maximum absolute atomic E-state index is 10.5. The SMILES string of the molecule is CN1CCCC(N(C)CC(N)CC(=O)O)C1.